The maximum absolute atomic E-state index is 11.3. The minimum Gasteiger partial charge on any atom is -0.449 e. The molecule has 2 amide bonds. The van der Waals surface area contributed by atoms with Gasteiger partial charge in [-0.25, -0.2) is 9.59 Å². The minimum atomic E-state index is -0.220. The van der Waals surface area contributed by atoms with Gasteiger partial charge in [0.15, 0.2) is 0 Å². The molecule has 96 valence electrons. The van der Waals surface area contributed by atoms with Crippen molar-refractivity contribution < 1.29 is 19.1 Å². The second-order valence-electron chi connectivity index (χ2n) is 4.26. The quantitative estimate of drug-likeness (QED) is 0.676. The van der Waals surface area contributed by atoms with E-state index in [0.29, 0.717) is 32.8 Å². The summed E-state index contributed by atoms with van der Waals surface area (Å²) >= 11 is 0. The van der Waals surface area contributed by atoms with E-state index in [1.807, 2.05) is 0 Å². The van der Waals surface area contributed by atoms with E-state index in [-0.39, 0.29) is 12.2 Å². The summed E-state index contributed by atoms with van der Waals surface area (Å²) in [5.41, 5.74) is 0. The van der Waals surface area contributed by atoms with Gasteiger partial charge in [-0.15, -0.1) is 0 Å². The largest absolute Gasteiger partial charge is 0.449 e. The molecule has 0 aromatic heterocycles. The maximum Gasteiger partial charge on any atom is 0.409 e. The Balaban J connectivity index is 1.59. The number of ether oxygens (including phenoxy) is 2. The summed E-state index contributed by atoms with van der Waals surface area (Å²) < 4.78 is 9.77. The third-order valence-electron chi connectivity index (χ3n) is 3.01. The Morgan fingerprint density at radius 1 is 0.882 bits per heavy atom. The van der Waals surface area contributed by atoms with Crippen LogP contribution in [-0.2, 0) is 9.47 Å². The molecule has 2 heterocycles. The molecular weight excluding hydrogens is 224 g/mol. The number of rotatable bonds is 5. The Morgan fingerprint density at radius 2 is 1.47 bits per heavy atom. The highest BCUT2D eigenvalue weighted by Gasteiger charge is 2.22. The van der Waals surface area contributed by atoms with E-state index < -0.39 is 0 Å². The molecule has 0 radical (unpaired) electrons. The molecule has 0 aromatic carbocycles. The first kappa shape index (κ1) is 12.0. The predicted molar refractivity (Wildman–Crippen MR) is 59.7 cm³/mol. The lowest BCUT2D eigenvalue weighted by Gasteiger charge is -2.26. The van der Waals surface area contributed by atoms with Crippen molar-refractivity contribution in [1.82, 2.24) is 9.80 Å². The Labute approximate surface area is 100 Å². The van der Waals surface area contributed by atoms with Gasteiger partial charge in [0.25, 0.3) is 0 Å². The monoisotopic (exact) mass is 242 g/mol. The Kier molecular flexibility index (Phi) is 4.06. The summed E-state index contributed by atoms with van der Waals surface area (Å²) in [6.45, 7) is 3.92. The van der Waals surface area contributed by atoms with Gasteiger partial charge in [0.2, 0.25) is 0 Å². The van der Waals surface area contributed by atoms with Crippen molar-refractivity contribution in [3.63, 3.8) is 0 Å². The van der Waals surface area contributed by atoms with Crippen LogP contribution in [0.4, 0.5) is 9.59 Å². The van der Waals surface area contributed by atoms with E-state index in [9.17, 15) is 9.59 Å². The smallest absolute Gasteiger partial charge is 0.409 e. The number of carbonyl (C=O) groups excluding carboxylic acids is 2. The lowest BCUT2D eigenvalue weighted by Crippen LogP contribution is -2.38. The van der Waals surface area contributed by atoms with E-state index in [1.165, 1.54) is 0 Å². The molecule has 17 heavy (non-hydrogen) atoms. The highest BCUT2D eigenvalue weighted by molar-refractivity contribution is 5.69. The number of hydrogen-bond acceptors (Lipinski definition) is 4. The van der Waals surface area contributed by atoms with Gasteiger partial charge in [0.05, 0.1) is 13.2 Å². The molecule has 0 spiro atoms. The number of unbranched alkanes of at least 4 members (excludes halogenated alkanes) is 1. The molecular formula is C11H18N2O4. The average molecular weight is 242 g/mol. The average Bonchev–Trinajstić information content (AvgIpc) is 2.73. The number of hydrogen-bond donors (Lipinski definition) is 0. The van der Waals surface area contributed by atoms with Crippen molar-refractivity contribution in [1.29, 1.82) is 0 Å². The number of carbonyl (C=O) groups is 2. The summed E-state index contributed by atoms with van der Waals surface area (Å²) in [6, 6.07) is 0. The molecule has 0 saturated carbocycles. The molecule has 0 atom stereocenters. The summed E-state index contributed by atoms with van der Waals surface area (Å²) in [4.78, 5) is 25.9. The van der Waals surface area contributed by atoms with E-state index in [4.69, 9.17) is 9.47 Å². The van der Waals surface area contributed by atoms with Crippen LogP contribution >= 0.6 is 0 Å². The fourth-order valence-electron chi connectivity index (χ4n) is 2.03. The third kappa shape index (κ3) is 3.25. The molecule has 0 aliphatic carbocycles. The van der Waals surface area contributed by atoms with Crippen LogP contribution in [0.15, 0.2) is 0 Å². The van der Waals surface area contributed by atoms with Crippen LogP contribution in [0.1, 0.15) is 19.3 Å². The lowest BCUT2D eigenvalue weighted by atomic mass is 10.2. The molecule has 2 rings (SSSR count). The molecule has 2 saturated heterocycles. The van der Waals surface area contributed by atoms with Crippen molar-refractivity contribution in [3.8, 4) is 0 Å². The van der Waals surface area contributed by atoms with Gasteiger partial charge in [-0.1, -0.05) is 0 Å². The van der Waals surface area contributed by atoms with Gasteiger partial charge in [0.1, 0.15) is 6.61 Å². The summed E-state index contributed by atoms with van der Waals surface area (Å²) in [5.74, 6) is 0. The van der Waals surface area contributed by atoms with Gasteiger partial charge in [-0.3, -0.25) is 0 Å². The highest BCUT2D eigenvalue weighted by atomic mass is 16.6. The van der Waals surface area contributed by atoms with Crippen molar-refractivity contribution in [2.75, 3.05) is 39.4 Å². The fraction of sp³-hybridized carbons (Fsp3) is 0.818. The normalized spacial score (nSPS) is 20.5. The molecule has 0 aromatic rings. The maximum atomic E-state index is 11.3. The van der Waals surface area contributed by atoms with Crippen molar-refractivity contribution in [2.24, 2.45) is 0 Å². The lowest BCUT2D eigenvalue weighted by molar-refractivity contribution is 0.0720. The van der Waals surface area contributed by atoms with Crippen molar-refractivity contribution in [2.45, 2.75) is 19.3 Å². The minimum absolute atomic E-state index is 0.211. The zero-order valence-corrected chi connectivity index (χ0v) is 9.89. The van der Waals surface area contributed by atoms with Crippen LogP contribution < -0.4 is 0 Å². The van der Waals surface area contributed by atoms with Crippen molar-refractivity contribution >= 4 is 12.2 Å². The molecule has 2 fully saturated rings. The van der Waals surface area contributed by atoms with E-state index >= 15 is 0 Å². The first-order chi connectivity index (χ1) is 8.27. The Bertz CT molecular complexity index is 295. The zero-order chi connectivity index (χ0) is 12.1. The SMILES string of the molecule is O=C1OCCCN1CCCCN1CCOC1=O. The van der Waals surface area contributed by atoms with Crippen LogP contribution in [0.25, 0.3) is 0 Å². The van der Waals surface area contributed by atoms with Crippen LogP contribution in [0.3, 0.4) is 0 Å². The van der Waals surface area contributed by atoms with Gasteiger partial charge >= 0.3 is 12.2 Å². The molecule has 6 heteroatoms. The van der Waals surface area contributed by atoms with Crippen LogP contribution in [-0.4, -0.2) is 61.4 Å². The molecule has 2 aliphatic heterocycles. The zero-order valence-electron chi connectivity index (χ0n) is 9.89. The molecule has 2 aliphatic rings. The summed E-state index contributed by atoms with van der Waals surface area (Å²) in [6.07, 6.45) is 2.25. The first-order valence-electron chi connectivity index (χ1n) is 6.11. The Hall–Kier alpha value is -1.46. The van der Waals surface area contributed by atoms with Crippen molar-refractivity contribution in [3.05, 3.63) is 0 Å². The molecule has 0 N–H and O–H groups in total. The van der Waals surface area contributed by atoms with Crippen LogP contribution in [0.5, 0.6) is 0 Å². The first-order valence-corrected chi connectivity index (χ1v) is 6.11. The number of nitrogens with zero attached hydrogens (tertiary/aromatic N) is 2. The molecule has 6 nitrogen and oxygen atoms in total. The van der Waals surface area contributed by atoms with Crippen LogP contribution in [0, 0.1) is 0 Å². The fourth-order valence-corrected chi connectivity index (χ4v) is 2.03. The predicted octanol–water partition coefficient (Wildman–Crippen LogP) is 1.06. The van der Waals surface area contributed by atoms with Crippen LogP contribution in [0.2, 0.25) is 0 Å². The highest BCUT2D eigenvalue weighted by Crippen LogP contribution is 2.08. The second-order valence-corrected chi connectivity index (χ2v) is 4.26. The third-order valence-corrected chi connectivity index (χ3v) is 3.01. The van der Waals surface area contributed by atoms with Gasteiger partial charge in [0, 0.05) is 19.6 Å². The topological polar surface area (TPSA) is 59.1 Å². The summed E-state index contributed by atoms with van der Waals surface area (Å²) in [5, 5.41) is 0. The standard InChI is InChI=1S/C11H18N2O4/c14-10-12(6-3-8-16-10)4-1-2-5-13-7-9-17-11(13)15/h1-9H2. The van der Waals surface area contributed by atoms with E-state index in [2.05, 4.69) is 0 Å². The van der Waals surface area contributed by atoms with Gasteiger partial charge in [-0.2, -0.15) is 0 Å². The van der Waals surface area contributed by atoms with Gasteiger partial charge < -0.3 is 19.3 Å². The van der Waals surface area contributed by atoms with Gasteiger partial charge in [-0.05, 0) is 19.3 Å². The number of amides is 2. The Morgan fingerprint density at radius 3 is 2.00 bits per heavy atom. The van der Waals surface area contributed by atoms with E-state index in [0.717, 1.165) is 25.8 Å². The van der Waals surface area contributed by atoms with E-state index in [1.54, 1.807) is 9.80 Å². The second kappa shape index (κ2) is 5.75. The number of cyclic esters (lactones) is 2. The molecule has 0 unspecified atom stereocenters. The molecule has 0 bridgehead atoms. The summed E-state index contributed by atoms with van der Waals surface area (Å²) in [7, 11) is 0.